The quantitative estimate of drug-likeness (QED) is 0.919. The van der Waals surface area contributed by atoms with E-state index in [-0.39, 0.29) is 17.9 Å². The molecule has 4 nitrogen and oxygen atoms in total. The molecule has 3 rings (SSSR count). The average Bonchev–Trinajstić information content (AvgIpc) is 3.11. The predicted octanol–water partition coefficient (Wildman–Crippen LogP) is 3.74. The molecule has 2 aromatic heterocycles. The second-order valence-corrected chi connectivity index (χ2v) is 7.55. The van der Waals surface area contributed by atoms with Crippen molar-refractivity contribution in [3.63, 3.8) is 0 Å². The number of aliphatic hydroxyl groups is 1. The minimum atomic E-state index is -0.283. The summed E-state index contributed by atoms with van der Waals surface area (Å²) >= 11 is 1.64. The third-order valence-corrected chi connectivity index (χ3v) is 5.71. The normalized spacial score (nSPS) is 20.8. The van der Waals surface area contributed by atoms with E-state index >= 15 is 0 Å². The van der Waals surface area contributed by atoms with Crippen LogP contribution in [0.3, 0.4) is 0 Å². The number of nitrogens with zero attached hydrogens (tertiary/aromatic N) is 2. The summed E-state index contributed by atoms with van der Waals surface area (Å²) in [6, 6.07) is 7.81. The van der Waals surface area contributed by atoms with Gasteiger partial charge in [-0.1, -0.05) is 18.9 Å². The third kappa shape index (κ3) is 3.68. The molecule has 24 heavy (non-hydrogen) atoms. The molecule has 0 radical (unpaired) electrons. The van der Waals surface area contributed by atoms with E-state index in [0.29, 0.717) is 12.1 Å². The molecule has 1 amide bonds. The smallest absolute Gasteiger partial charge is 0.255 e. The lowest BCUT2D eigenvalue weighted by Crippen LogP contribution is -2.38. The van der Waals surface area contributed by atoms with Crippen LogP contribution in [0.4, 0.5) is 0 Å². The number of carbonyl (C=O) groups is 1. The van der Waals surface area contributed by atoms with Gasteiger partial charge in [0, 0.05) is 19.5 Å². The Hall–Kier alpha value is -1.72. The Balaban J connectivity index is 1.72. The number of hydrogen-bond acceptors (Lipinski definition) is 4. The molecule has 1 aliphatic rings. The predicted molar refractivity (Wildman–Crippen MR) is 97.2 cm³/mol. The van der Waals surface area contributed by atoms with Crippen LogP contribution in [-0.4, -0.2) is 40.6 Å². The summed E-state index contributed by atoms with van der Waals surface area (Å²) in [5.74, 6) is 0.168. The standard InChI is InChI=1S/C19H24N2O2S/c1-13-15(9-10-16(20-13)18-8-5-11-24-18)19(23)21(2)12-14-6-3-4-7-17(14)22/h5,8-11,14,17,22H,3-4,6-7,12H2,1-2H3. The fourth-order valence-electron chi connectivity index (χ4n) is 3.39. The van der Waals surface area contributed by atoms with Crippen LogP contribution in [-0.2, 0) is 0 Å². The van der Waals surface area contributed by atoms with Crippen LogP contribution in [0, 0.1) is 12.8 Å². The van der Waals surface area contributed by atoms with E-state index in [1.54, 1.807) is 16.2 Å². The van der Waals surface area contributed by atoms with Crippen LogP contribution in [0.1, 0.15) is 41.7 Å². The lowest BCUT2D eigenvalue weighted by Gasteiger charge is -2.31. The van der Waals surface area contributed by atoms with Crippen LogP contribution in [0.5, 0.6) is 0 Å². The summed E-state index contributed by atoms with van der Waals surface area (Å²) in [7, 11) is 1.82. The minimum Gasteiger partial charge on any atom is -0.393 e. The van der Waals surface area contributed by atoms with E-state index in [1.807, 2.05) is 43.6 Å². The van der Waals surface area contributed by atoms with Gasteiger partial charge in [0.25, 0.3) is 5.91 Å². The van der Waals surface area contributed by atoms with Crippen LogP contribution in [0.15, 0.2) is 29.6 Å². The molecule has 0 saturated heterocycles. The second-order valence-electron chi connectivity index (χ2n) is 6.60. The zero-order valence-electron chi connectivity index (χ0n) is 14.2. The molecule has 128 valence electrons. The summed E-state index contributed by atoms with van der Waals surface area (Å²) < 4.78 is 0. The number of pyridine rings is 1. The van der Waals surface area contributed by atoms with Crippen LogP contribution >= 0.6 is 11.3 Å². The fourth-order valence-corrected chi connectivity index (χ4v) is 4.09. The topological polar surface area (TPSA) is 53.4 Å². The monoisotopic (exact) mass is 344 g/mol. The van der Waals surface area contributed by atoms with Gasteiger partial charge in [0.2, 0.25) is 0 Å². The molecular weight excluding hydrogens is 320 g/mol. The van der Waals surface area contributed by atoms with Crippen LogP contribution < -0.4 is 0 Å². The summed E-state index contributed by atoms with van der Waals surface area (Å²) in [5.41, 5.74) is 2.30. The number of thiophene rings is 1. The summed E-state index contributed by atoms with van der Waals surface area (Å²) in [5, 5.41) is 12.1. The largest absolute Gasteiger partial charge is 0.393 e. The van der Waals surface area contributed by atoms with Crippen molar-refractivity contribution in [1.29, 1.82) is 0 Å². The fraction of sp³-hybridized carbons (Fsp3) is 0.474. The number of aromatic nitrogens is 1. The van der Waals surface area contributed by atoms with Gasteiger partial charge in [-0.05, 0) is 43.3 Å². The highest BCUT2D eigenvalue weighted by Gasteiger charge is 2.26. The molecule has 2 atom stereocenters. The number of aryl methyl sites for hydroxylation is 1. The first-order valence-corrected chi connectivity index (χ1v) is 9.39. The van der Waals surface area contributed by atoms with E-state index in [1.165, 1.54) is 0 Å². The van der Waals surface area contributed by atoms with E-state index in [4.69, 9.17) is 0 Å². The first-order chi connectivity index (χ1) is 11.6. The molecule has 1 fully saturated rings. The Kier molecular flexibility index (Phi) is 5.31. The van der Waals surface area contributed by atoms with Crippen LogP contribution in [0.2, 0.25) is 0 Å². The van der Waals surface area contributed by atoms with Crippen molar-refractivity contribution >= 4 is 17.2 Å². The van der Waals surface area contributed by atoms with Gasteiger partial charge in [0.05, 0.1) is 27.9 Å². The molecule has 5 heteroatoms. The van der Waals surface area contributed by atoms with E-state index in [9.17, 15) is 9.90 Å². The molecule has 2 unspecified atom stereocenters. The van der Waals surface area contributed by atoms with Crippen molar-refractivity contribution in [2.75, 3.05) is 13.6 Å². The molecule has 2 aromatic rings. The van der Waals surface area contributed by atoms with Gasteiger partial charge in [0.1, 0.15) is 0 Å². The molecule has 1 N–H and O–H groups in total. The third-order valence-electron chi connectivity index (χ3n) is 4.81. The van der Waals surface area contributed by atoms with Crippen molar-refractivity contribution < 1.29 is 9.90 Å². The number of amides is 1. The van der Waals surface area contributed by atoms with Gasteiger partial charge in [-0.2, -0.15) is 0 Å². The number of aliphatic hydroxyl groups excluding tert-OH is 1. The first-order valence-electron chi connectivity index (χ1n) is 8.51. The zero-order chi connectivity index (χ0) is 17.1. The maximum atomic E-state index is 12.8. The Morgan fingerprint density at radius 2 is 2.12 bits per heavy atom. The van der Waals surface area contributed by atoms with Crippen molar-refractivity contribution in [1.82, 2.24) is 9.88 Å². The zero-order valence-corrected chi connectivity index (χ0v) is 15.1. The lowest BCUT2D eigenvalue weighted by molar-refractivity contribution is 0.0450. The van der Waals surface area contributed by atoms with Crippen LogP contribution in [0.25, 0.3) is 10.6 Å². The molecule has 0 bridgehead atoms. The lowest BCUT2D eigenvalue weighted by atomic mass is 9.86. The molecule has 0 aromatic carbocycles. The van der Waals surface area contributed by atoms with Gasteiger partial charge in [-0.25, -0.2) is 0 Å². The number of carbonyl (C=O) groups excluding carboxylic acids is 1. The molecular formula is C19H24N2O2S. The maximum Gasteiger partial charge on any atom is 0.255 e. The van der Waals surface area contributed by atoms with Gasteiger partial charge in [-0.3, -0.25) is 9.78 Å². The van der Waals surface area contributed by atoms with Crippen molar-refractivity contribution in [2.45, 2.75) is 38.7 Å². The van der Waals surface area contributed by atoms with Crippen molar-refractivity contribution in [3.05, 3.63) is 40.9 Å². The van der Waals surface area contributed by atoms with E-state index < -0.39 is 0 Å². The number of rotatable bonds is 4. The van der Waals surface area contributed by atoms with Gasteiger partial charge in [-0.15, -0.1) is 11.3 Å². The van der Waals surface area contributed by atoms with Crippen molar-refractivity contribution in [3.8, 4) is 10.6 Å². The molecule has 2 heterocycles. The van der Waals surface area contributed by atoms with Crippen molar-refractivity contribution in [2.24, 2.45) is 5.92 Å². The summed E-state index contributed by atoms with van der Waals surface area (Å²) in [4.78, 5) is 20.2. The van der Waals surface area contributed by atoms with Gasteiger partial charge in [0.15, 0.2) is 0 Å². The second kappa shape index (κ2) is 7.45. The Bertz CT molecular complexity index is 699. The number of hydrogen-bond donors (Lipinski definition) is 1. The molecule has 0 aliphatic heterocycles. The summed E-state index contributed by atoms with van der Waals surface area (Å²) in [6.07, 6.45) is 3.79. The molecule has 1 aliphatic carbocycles. The SMILES string of the molecule is Cc1nc(-c2cccs2)ccc1C(=O)N(C)CC1CCCCC1O. The Morgan fingerprint density at radius 3 is 2.79 bits per heavy atom. The van der Waals surface area contributed by atoms with E-state index in [2.05, 4.69) is 4.98 Å². The Labute approximate surface area is 147 Å². The molecule has 1 saturated carbocycles. The van der Waals surface area contributed by atoms with Gasteiger partial charge < -0.3 is 10.0 Å². The maximum absolute atomic E-state index is 12.8. The first kappa shape index (κ1) is 17.1. The highest BCUT2D eigenvalue weighted by molar-refractivity contribution is 7.13. The highest BCUT2D eigenvalue weighted by Crippen LogP contribution is 2.26. The molecule has 0 spiro atoms. The average molecular weight is 344 g/mol. The Morgan fingerprint density at radius 1 is 1.33 bits per heavy atom. The van der Waals surface area contributed by atoms with Gasteiger partial charge >= 0.3 is 0 Å². The highest BCUT2D eigenvalue weighted by atomic mass is 32.1. The summed E-state index contributed by atoms with van der Waals surface area (Å²) in [6.45, 7) is 2.49. The minimum absolute atomic E-state index is 0.0181. The van der Waals surface area contributed by atoms with E-state index in [0.717, 1.165) is 41.9 Å².